The molecule has 0 aromatic rings. The smallest absolute Gasteiger partial charge is 0.306 e. The van der Waals surface area contributed by atoms with E-state index in [2.05, 4.69) is 50.4 Å². The van der Waals surface area contributed by atoms with E-state index in [0.717, 1.165) is 57.8 Å². The van der Waals surface area contributed by atoms with Crippen LogP contribution in [0.25, 0.3) is 0 Å². The molecule has 0 aromatic carbocycles. The van der Waals surface area contributed by atoms with Crippen molar-refractivity contribution >= 4 is 11.9 Å². The molecule has 3 unspecified atom stereocenters. The van der Waals surface area contributed by atoms with Crippen molar-refractivity contribution in [3.63, 3.8) is 0 Å². The zero-order chi connectivity index (χ0) is 46.7. The van der Waals surface area contributed by atoms with Crippen LogP contribution in [0.4, 0.5) is 0 Å². The monoisotopic (exact) mass is 902 g/mol. The molecule has 0 heterocycles. The first-order valence-electron chi connectivity index (χ1n) is 28.6. The molecule has 3 N–H and O–H groups in total. The van der Waals surface area contributed by atoms with E-state index in [1.54, 1.807) is 0 Å². The van der Waals surface area contributed by atoms with Crippen LogP contribution in [0.5, 0.6) is 0 Å². The Bertz CT molecular complexity index is 1010. The van der Waals surface area contributed by atoms with Crippen molar-refractivity contribution < 1.29 is 24.5 Å². The summed E-state index contributed by atoms with van der Waals surface area (Å²) in [6.07, 6.45) is 60.9. The van der Waals surface area contributed by atoms with Crippen molar-refractivity contribution in [1.82, 2.24) is 5.32 Å². The second-order valence-electron chi connectivity index (χ2n) is 19.7. The SMILES string of the molecule is CCCCCC/C=C\CCCCCCCCCC(=O)OC(CCCCCCC/C=C/CCCCCCCC)CC(=O)NC(CO)C(O)CCCCCCCCCCCCCCCCC. The highest BCUT2D eigenvalue weighted by molar-refractivity contribution is 5.77. The van der Waals surface area contributed by atoms with Gasteiger partial charge in [0.2, 0.25) is 5.91 Å². The van der Waals surface area contributed by atoms with E-state index < -0.39 is 18.2 Å². The van der Waals surface area contributed by atoms with Gasteiger partial charge in [0, 0.05) is 6.42 Å². The Labute approximate surface area is 399 Å². The summed E-state index contributed by atoms with van der Waals surface area (Å²) in [5.41, 5.74) is 0. The number of hydrogen-bond donors (Lipinski definition) is 3. The maximum absolute atomic E-state index is 13.3. The van der Waals surface area contributed by atoms with Crippen LogP contribution in [0, 0.1) is 0 Å². The van der Waals surface area contributed by atoms with E-state index >= 15 is 0 Å². The quantitative estimate of drug-likeness (QED) is 0.0321. The van der Waals surface area contributed by atoms with Gasteiger partial charge in [0.1, 0.15) is 6.10 Å². The molecule has 1 amide bonds. The summed E-state index contributed by atoms with van der Waals surface area (Å²) in [5, 5.41) is 23.9. The van der Waals surface area contributed by atoms with Crippen molar-refractivity contribution in [2.75, 3.05) is 6.61 Å². The molecule has 0 aliphatic rings. The van der Waals surface area contributed by atoms with E-state index in [1.165, 1.54) is 205 Å². The molecular formula is C58H111NO5. The third-order valence-corrected chi connectivity index (χ3v) is 13.3. The summed E-state index contributed by atoms with van der Waals surface area (Å²) in [4.78, 5) is 26.2. The van der Waals surface area contributed by atoms with Crippen molar-refractivity contribution in [3.8, 4) is 0 Å². The molecule has 0 aliphatic heterocycles. The van der Waals surface area contributed by atoms with Crippen LogP contribution < -0.4 is 5.32 Å². The fraction of sp³-hybridized carbons (Fsp3) is 0.897. The number of aliphatic hydroxyl groups excluding tert-OH is 2. The molecule has 378 valence electrons. The molecule has 0 fully saturated rings. The highest BCUT2D eigenvalue weighted by atomic mass is 16.5. The van der Waals surface area contributed by atoms with Gasteiger partial charge in [-0.3, -0.25) is 9.59 Å². The molecule has 0 saturated carbocycles. The highest BCUT2D eigenvalue weighted by Crippen LogP contribution is 2.18. The van der Waals surface area contributed by atoms with Crippen molar-refractivity contribution in [1.29, 1.82) is 0 Å². The van der Waals surface area contributed by atoms with E-state index in [4.69, 9.17) is 4.74 Å². The fourth-order valence-corrected chi connectivity index (χ4v) is 8.89. The van der Waals surface area contributed by atoms with Gasteiger partial charge in [-0.2, -0.15) is 0 Å². The van der Waals surface area contributed by atoms with Crippen molar-refractivity contribution in [2.24, 2.45) is 0 Å². The standard InChI is InChI=1S/C58H111NO5/c1-4-7-10-13-16-19-22-25-28-31-34-37-40-43-46-49-54(64-58(63)51-48-45-42-39-36-33-30-27-24-21-18-15-12-9-6-3)52-57(62)59-55(53-60)56(61)50-47-44-41-38-35-32-29-26-23-20-17-14-11-8-5-2/h21,24-25,28,54-56,60-61H,4-20,22-23,26-27,29-53H2,1-3H3,(H,59,62)/b24-21-,28-25+. The van der Waals surface area contributed by atoms with Gasteiger partial charge in [0.25, 0.3) is 0 Å². The van der Waals surface area contributed by atoms with Crippen molar-refractivity contribution in [2.45, 2.75) is 328 Å². The number of rotatable bonds is 52. The normalized spacial score (nSPS) is 13.3. The summed E-state index contributed by atoms with van der Waals surface area (Å²) in [6, 6.07) is -0.702. The maximum Gasteiger partial charge on any atom is 0.306 e. The molecule has 0 aliphatic carbocycles. The second-order valence-corrected chi connectivity index (χ2v) is 19.7. The van der Waals surface area contributed by atoms with Crippen LogP contribution >= 0.6 is 0 Å². The third-order valence-electron chi connectivity index (χ3n) is 13.3. The van der Waals surface area contributed by atoms with E-state index in [1.807, 2.05) is 0 Å². The van der Waals surface area contributed by atoms with Gasteiger partial charge in [0.15, 0.2) is 0 Å². The molecule has 0 aromatic heterocycles. The minimum atomic E-state index is -0.788. The summed E-state index contributed by atoms with van der Waals surface area (Å²) in [6.45, 7) is 6.50. The third kappa shape index (κ3) is 46.9. The Kier molecular flexibility index (Phi) is 51.0. The Balaban J connectivity index is 4.54. The molecule has 0 radical (unpaired) electrons. The molecule has 6 nitrogen and oxygen atoms in total. The number of allylic oxidation sites excluding steroid dienone is 4. The van der Waals surface area contributed by atoms with Crippen LogP contribution in [0.15, 0.2) is 24.3 Å². The average Bonchev–Trinajstić information content (AvgIpc) is 3.29. The second kappa shape index (κ2) is 52.3. The van der Waals surface area contributed by atoms with E-state index in [9.17, 15) is 19.8 Å². The maximum atomic E-state index is 13.3. The largest absolute Gasteiger partial charge is 0.462 e. The summed E-state index contributed by atoms with van der Waals surface area (Å²) >= 11 is 0. The number of aliphatic hydroxyl groups is 2. The highest BCUT2D eigenvalue weighted by Gasteiger charge is 2.24. The lowest BCUT2D eigenvalue weighted by Crippen LogP contribution is -2.46. The number of carbonyl (C=O) groups is 2. The first kappa shape index (κ1) is 62.3. The minimum Gasteiger partial charge on any atom is -0.462 e. The predicted octanol–water partition coefficient (Wildman–Crippen LogP) is 17.5. The van der Waals surface area contributed by atoms with Gasteiger partial charge >= 0.3 is 5.97 Å². The Hall–Kier alpha value is -1.66. The number of hydrogen-bond acceptors (Lipinski definition) is 5. The predicted molar refractivity (Wildman–Crippen MR) is 278 cm³/mol. The number of ether oxygens (including phenoxy) is 1. The van der Waals surface area contributed by atoms with Gasteiger partial charge in [0.05, 0.1) is 25.2 Å². The molecule has 0 rings (SSSR count). The lowest BCUT2D eigenvalue weighted by Gasteiger charge is -2.24. The van der Waals surface area contributed by atoms with Crippen molar-refractivity contribution in [3.05, 3.63) is 24.3 Å². The van der Waals surface area contributed by atoms with E-state index in [0.29, 0.717) is 19.3 Å². The molecule has 0 bridgehead atoms. The van der Waals surface area contributed by atoms with Gasteiger partial charge in [-0.05, 0) is 77.0 Å². The molecule has 64 heavy (non-hydrogen) atoms. The van der Waals surface area contributed by atoms with E-state index in [-0.39, 0.29) is 24.9 Å². The zero-order valence-electron chi connectivity index (χ0n) is 43.2. The lowest BCUT2D eigenvalue weighted by molar-refractivity contribution is -0.151. The topological polar surface area (TPSA) is 95.9 Å². The first-order chi connectivity index (χ1) is 31.5. The average molecular weight is 903 g/mol. The summed E-state index contributed by atoms with van der Waals surface area (Å²) in [7, 11) is 0. The number of carbonyl (C=O) groups excluding carboxylic acids is 2. The Morgan fingerprint density at radius 2 is 0.750 bits per heavy atom. The van der Waals surface area contributed by atoms with Crippen LogP contribution in [-0.4, -0.2) is 46.9 Å². The van der Waals surface area contributed by atoms with Gasteiger partial charge in [-0.1, -0.05) is 244 Å². The number of amides is 1. The minimum absolute atomic E-state index is 0.0748. The molecule has 6 heteroatoms. The molecule has 0 spiro atoms. The zero-order valence-corrected chi connectivity index (χ0v) is 43.2. The van der Waals surface area contributed by atoms with Gasteiger partial charge in [-0.15, -0.1) is 0 Å². The van der Waals surface area contributed by atoms with Crippen LogP contribution in [0.1, 0.15) is 310 Å². The van der Waals surface area contributed by atoms with Gasteiger partial charge in [-0.25, -0.2) is 0 Å². The molecular weight excluding hydrogens is 791 g/mol. The first-order valence-corrected chi connectivity index (χ1v) is 28.6. The van der Waals surface area contributed by atoms with Crippen LogP contribution in [0.2, 0.25) is 0 Å². The van der Waals surface area contributed by atoms with Crippen LogP contribution in [0.3, 0.4) is 0 Å². The number of nitrogens with one attached hydrogen (secondary N) is 1. The summed E-state index contributed by atoms with van der Waals surface area (Å²) in [5.74, 6) is -0.471. The fourth-order valence-electron chi connectivity index (χ4n) is 8.89. The Morgan fingerprint density at radius 1 is 0.438 bits per heavy atom. The Morgan fingerprint density at radius 3 is 1.12 bits per heavy atom. The molecule has 0 saturated heterocycles. The number of esters is 1. The molecule has 3 atom stereocenters. The summed E-state index contributed by atoms with van der Waals surface area (Å²) < 4.78 is 5.96. The van der Waals surface area contributed by atoms with Crippen LogP contribution in [-0.2, 0) is 14.3 Å². The number of unbranched alkanes of at least 4 members (excludes halogenated alkanes) is 36. The van der Waals surface area contributed by atoms with Gasteiger partial charge < -0.3 is 20.3 Å². The lowest BCUT2D eigenvalue weighted by atomic mass is 10.0.